The molecule has 0 unspecified atom stereocenters. The van der Waals surface area contributed by atoms with E-state index in [9.17, 15) is 14.7 Å². The third kappa shape index (κ3) is 8.42. The van der Waals surface area contributed by atoms with Crippen LogP contribution in [0.15, 0.2) is 22.7 Å². The molecule has 222 valence electrons. The third-order valence-corrected chi connectivity index (χ3v) is 7.13. The SMILES string of the molecule is Cc1noc(C)c1NC(=O)Nc1ccc2c(c1)C(=O)N([C@@H](C)CO)C[C@@H](C)[C@@H](CN(C)C)OCCCC[C@H](C)O2. The molecule has 11 nitrogen and oxygen atoms in total. The molecule has 0 saturated carbocycles. The molecule has 0 saturated heterocycles. The number of likely N-dealkylation sites (N-methyl/N-ethyl adjacent to an activating group) is 1. The van der Waals surface area contributed by atoms with Crippen LogP contribution in [0, 0.1) is 19.8 Å². The van der Waals surface area contributed by atoms with Gasteiger partial charge in [-0.15, -0.1) is 0 Å². The Bertz CT molecular complexity index is 1120. The molecule has 0 fully saturated rings. The zero-order valence-corrected chi connectivity index (χ0v) is 24.8. The van der Waals surface area contributed by atoms with Gasteiger partial charge in [0.15, 0.2) is 5.76 Å². The van der Waals surface area contributed by atoms with Gasteiger partial charge in [0, 0.05) is 31.3 Å². The number of carbonyl (C=O) groups excluding carboxylic acids is 2. The summed E-state index contributed by atoms with van der Waals surface area (Å²) in [4.78, 5) is 30.6. The number of amides is 3. The van der Waals surface area contributed by atoms with Crippen LogP contribution in [0.1, 0.15) is 61.8 Å². The molecular weight excluding hydrogens is 514 g/mol. The summed E-state index contributed by atoms with van der Waals surface area (Å²) in [5.41, 5.74) is 1.80. The van der Waals surface area contributed by atoms with E-state index in [0.717, 1.165) is 25.8 Å². The summed E-state index contributed by atoms with van der Waals surface area (Å²) in [6, 6.07) is 4.11. The normalized spacial score (nSPS) is 21.8. The number of anilines is 2. The van der Waals surface area contributed by atoms with Gasteiger partial charge in [-0.3, -0.25) is 4.79 Å². The molecule has 0 radical (unpaired) electrons. The zero-order chi connectivity index (χ0) is 29.4. The first kappa shape index (κ1) is 31.4. The number of carbonyl (C=O) groups is 2. The zero-order valence-electron chi connectivity index (χ0n) is 24.8. The molecule has 4 atom stereocenters. The van der Waals surface area contributed by atoms with Crippen molar-refractivity contribution in [1.29, 1.82) is 0 Å². The van der Waals surface area contributed by atoms with Gasteiger partial charge in [0.1, 0.15) is 17.1 Å². The van der Waals surface area contributed by atoms with Crippen molar-refractivity contribution in [2.45, 2.75) is 72.1 Å². The first-order valence-electron chi connectivity index (χ1n) is 14.0. The molecule has 40 heavy (non-hydrogen) atoms. The van der Waals surface area contributed by atoms with Gasteiger partial charge in [-0.05, 0) is 79.3 Å². The highest BCUT2D eigenvalue weighted by Gasteiger charge is 2.30. The van der Waals surface area contributed by atoms with Gasteiger partial charge in [-0.1, -0.05) is 12.1 Å². The van der Waals surface area contributed by atoms with Crippen molar-refractivity contribution >= 4 is 23.3 Å². The standard InChI is InChI=1S/C29H45N5O6/c1-18-15-34(19(2)17-35)28(36)24-14-23(30-29(37)31-27-21(4)32-40-22(27)5)11-12-25(24)39-20(3)10-8-9-13-38-26(18)16-33(6)7/h11-12,14,18-20,26,35H,8-10,13,15-17H2,1-7H3,(H2,30,31,37)/t18-,19+,20+,26-/m1/s1. The maximum absolute atomic E-state index is 14.1. The minimum Gasteiger partial charge on any atom is -0.490 e. The number of urea groups is 1. The number of rotatable bonds is 6. The van der Waals surface area contributed by atoms with Crippen molar-refractivity contribution in [3.8, 4) is 5.75 Å². The highest BCUT2D eigenvalue weighted by molar-refractivity contribution is 6.03. The van der Waals surface area contributed by atoms with Crippen molar-refractivity contribution < 1.29 is 28.7 Å². The molecule has 0 spiro atoms. The van der Waals surface area contributed by atoms with Crippen molar-refractivity contribution in [1.82, 2.24) is 15.0 Å². The van der Waals surface area contributed by atoms with E-state index >= 15 is 0 Å². The van der Waals surface area contributed by atoms with E-state index in [0.29, 0.717) is 47.3 Å². The number of hydrogen-bond donors (Lipinski definition) is 3. The Balaban J connectivity index is 1.94. The number of benzene rings is 1. The first-order valence-corrected chi connectivity index (χ1v) is 14.0. The van der Waals surface area contributed by atoms with E-state index in [1.54, 1.807) is 36.9 Å². The Morgan fingerprint density at radius 2 is 1.98 bits per heavy atom. The molecule has 3 N–H and O–H groups in total. The van der Waals surface area contributed by atoms with Crippen LogP contribution in [0.25, 0.3) is 0 Å². The number of nitrogens with one attached hydrogen (secondary N) is 2. The summed E-state index contributed by atoms with van der Waals surface area (Å²) >= 11 is 0. The lowest BCUT2D eigenvalue weighted by Crippen LogP contribution is -2.47. The van der Waals surface area contributed by atoms with Crippen LogP contribution in [-0.4, -0.2) is 90.6 Å². The molecule has 0 aliphatic carbocycles. The Morgan fingerprint density at radius 3 is 2.62 bits per heavy atom. The Morgan fingerprint density at radius 1 is 1.23 bits per heavy atom. The van der Waals surface area contributed by atoms with E-state index in [1.165, 1.54) is 0 Å². The summed E-state index contributed by atoms with van der Waals surface area (Å²) in [6.07, 6.45) is 2.45. The van der Waals surface area contributed by atoms with Crippen LogP contribution in [0.2, 0.25) is 0 Å². The number of aliphatic hydroxyl groups is 1. The largest absolute Gasteiger partial charge is 0.490 e. The highest BCUT2D eigenvalue weighted by Crippen LogP contribution is 2.29. The summed E-state index contributed by atoms with van der Waals surface area (Å²) in [5, 5.41) is 19.5. The van der Waals surface area contributed by atoms with Gasteiger partial charge in [0.05, 0.1) is 30.4 Å². The maximum Gasteiger partial charge on any atom is 0.323 e. The van der Waals surface area contributed by atoms with E-state index in [2.05, 4.69) is 27.6 Å². The second-order valence-corrected chi connectivity index (χ2v) is 11.1. The van der Waals surface area contributed by atoms with Crippen LogP contribution >= 0.6 is 0 Å². The highest BCUT2D eigenvalue weighted by atomic mass is 16.5. The average molecular weight is 560 g/mol. The second kappa shape index (κ2) is 14.5. The number of aromatic nitrogens is 1. The van der Waals surface area contributed by atoms with Crippen molar-refractivity contribution in [3.63, 3.8) is 0 Å². The van der Waals surface area contributed by atoms with Crippen molar-refractivity contribution in [3.05, 3.63) is 35.2 Å². The van der Waals surface area contributed by atoms with Crippen LogP contribution in [0.4, 0.5) is 16.2 Å². The van der Waals surface area contributed by atoms with E-state index in [1.807, 2.05) is 27.9 Å². The summed E-state index contributed by atoms with van der Waals surface area (Å²) in [7, 11) is 4.01. The van der Waals surface area contributed by atoms with Crippen LogP contribution in [0.3, 0.4) is 0 Å². The number of aryl methyl sites for hydroxylation is 2. The lowest BCUT2D eigenvalue weighted by molar-refractivity contribution is -0.0137. The van der Waals surface area contributed by atoms with Gasteiger partial charge in [-0.25, -0.2) is 4.79 Å². The van der Waals surface area contributed by atoms with E-state index in [4.69, 9.17) is 14.0 Å². The molecule has 1 aliphatic rings. The fraction of sp³-hybridized carbons (Fsp3) is 0.621. The lowest BCUT2D eigenvalue weighted by atomic mass is 10.0. The van der Waals surface area contributed by atoms with Crippen LogP contribution in [0.5, 0.6) is 5.75 Å². The fourth-order valence-electron chi connectivity index (χ4n) is 4.76. The van der Waals surface area contributed by atoms with Crippen LogP contribution < -0.4 is 15.4 Å². The average Bonchev–Trinajstić information content (AvgIpc) is 3.22. The molecule has 2 aromatic rings. The number of aliphatic hydroxyl groups excluding tert-OH is 1. The Hall–Kier alpha value is -3.15. The fourth-order valence-corrected chi connectivity index (χ4v) is 4.76. The number of ether oxygens (including phenoxy) is 2. The molecule has 11 heteroatoms. The number of fused-ring (bicyclic) bond motifs is 1. The summed E-state index contributed by atoms with van der Waals surface area (Å²) in [5.74, 6) is 0.656. The summed E-state index contributed by atoms with van der Waals surface area (Å²) < 4.78 is 17.6. The quantitative estimate of drug-likeness (QED) is 0.478. The van der Waals surface area contributed by atoms with Gasteiger partial charge in [0.25, 0.3) is 5.91 Å². The smallest absolute Gasteiger partial charge is 0.323 e. The van der Waals surface area contributed by atoms with Gasteiger partial charge < -0.3 is 39.5 Å². The molecule has 3 amide bonds. The summed E-state index contributed by atoms with van der Waals surface area (Å²) in [6.45, 7) is 10.9. The predicted octanol–water partition coefficient (Wildman–Crippen LogP) is 4.29. The van der Waals surface area contributed by atoms with Gasteiger partial charge in [0.2, 0.25) is 0 Å². The van der Waals surface area contributed by atoms with Gasteiger partial charge in [-0.2, -0.15) is 0 Å². The minimum atomic E-state index is -0.491. The minimum absolute atomic E-state index is 0.00807. The monoisotopic (exact) mass is 559 g/mol. The van der Waals surface area contributed by atoms with Crippen LogP contribution in [-0.2, 0) is 4.74 Å². The number of hydrogen-bond acceptors (Lipinski definition) is 8. The van der Waals surface area contributed by atoms with E-state index in [-0.39, 0.29) is 30.6 Å². The molecule has 1 aromatic carbocycles. The third-order valence-electron chi connectivity index (χ3n) is 7.13. The number of nitrogens with zero attached hydrogens (tertiary/aromatic N) is 3. The molecule has 0 bridgehead atoms. The maximum atomic E-state index is 14.1. The molecule has 1 aliphatic heterocycles. The molecule has 2 heterocycles. The Labute approximate surface area is 237 Å². The molecule has 3 rings (SSSR count). The lowest BCUT2D eigenvalue weighted by Gasteiger charge is -2.35. The Kier molecular flexibility index (Phi) is 11.4. The van der Waals surface area contributed by atoms with E-state index < -0.39 is 12.1 Å². The topological polar surface area (TPSA) is 129 Å². The van der Waals surface area contributed by atoms with Crippen molar-refractivity contribution in [2.24, 2.45) is 5.92 Å². The second-order valence-electron chi connectivity index (χ2n) is 11.1. The molecule has 1 aromatic heterocycles. The molecular formula is C29H45N5O6. The van der Waals surface area contributed by atoms with Gasteiger partial charge >= 0.3 is 6.03 Å². The predicted molar refractivity (Wildman–Crippen MR) is 154 cm³/mol. The van der Waals surface area contributed by atoms with Crippen molar-refractivity contribution in [2.75, 3.05) is 51.0 Å². The first-order chi connectivity index (χ1) is 19.0.